The van der Waals surface area contributed by atoms with Crippen LogP contribution in [0.3, 0.4) is 0 Å². The van der Waals surface area contributed by atoms with E-state index < -0.39 is 6.04 Å². The van der Waals surface area contributed by atoms with E-state index in [9.17, 15) is 14.0 Å². The molecule has 1 aromatic carbocycles. The number of carbonyl (C=O) groups excluding carboxylic acids is 2. The topological polar surface area (TPSA) is 40.6 Å². The van der Waals surface area contributed by atoms with Crippen LogP contribution >= 0.6 is 11.3 Å². The largest absolute Gasteiger partial charge is 0.340 e. The fraction of sp³-hybridized carbons (Fsp3) is 0.333. The summed E-state index contributed by atoms with van der Waals surface area (Å²) in [6.07, 6.45) is 1.46. The Bertz CT molecular complexity index is 732. The molecule has 3 rings (SSSR count). The average Bonchev–Trinajstić information content (AvgIpc) is 3.27. The number of likely N-dealkylation sites (N-methyl/N-ethyl adjacent to an activating group) is 1. The number of halogens is 1. The Labute approximate surface area is 144 Å². The molecule has 0 radical (unpaired) electrons. The molecule has 4 nitrogen and oxygen atoms in total. The first-order valence-electron chi connectivity index (χ1n) is 7.91. The van der Waals surface area contributed by atoms with E-state index in [-0.39, 0.29) is 24.2 Å². The molecule has 2 heterocycles. The van der Waals surface area contributed by atoms with Gasteiger partial charge in [-0.1, -0.05) is 24.3 Å². The molecular formula is C18H19FN2O2S. The van der Waals surface area contributed by atoms with Crippen LogP contribution in [-0.4, -0.2) is 41.2 Å². The number of thiophene rings is 1. The highest BCUT2D eigenvalue weighted by molar-refractivity contribution is 7.12. The zero-order valence-electron chi connectivity index (χ0n) is 13.4. The van der Waals surface area contributed by atoms with Gasteiger partial charge in [-0.2, -0.15) is 0 Å². The van der Waals surface area contributed by atoms with Crippen molar-refractivity contribution in [1.29, 1.82) is 0 Å². The molecule has 1 unspecified atom stereocenters. The lowest BCUT2D eigenvalue weighted by atomic mass is 10.1. The summed E-state index contributed by atoms with van der Waals surface area (Å²) in [4.78, 5) is 29.1. The first-order chi connectivity index (χ1) is 11.6. The van der Waals surface area contributed by atoms with Crippen LogP contribution in [0.4, 0.5) is 4.39 Å². The third kappa shape index (κ3) is 3.33. The van der Waals surface area contributed by atoms with E-state index >= 15 is 0 Å². The van der Waals surface area contributed by atoms with Crippen molar-refractivity contribution in [3.8, 4) is 0 Å². The van der Waals surface area contributed by atoms with Crippen LogP contribution in [0.25, 0.3) is 0 Å². The normalized spacial score (nSPS) is 17.1. The molecule has 1 fully saturated rings. The number of rotatable bonds is 4. The summed E-state index contributed by atoms with van der Waals surface area (Å²) in [5.41, 5.74) is 0.475. The molecule has 2 aromatic rings. The van der Waals surface area contributed by atoms with Gasteiger partial charge in [0.1, 0.15) is 11.9 Å². The van der Waals surface area contributed by atoms with Gasteiger partial charge in [-0.15, -0.1) is 11.3 Å². The molecule has 0 spiro atoms. The number of benzene rings is 1. The molecular weight excluding hydrogens is 327 g/mol. The van der Waals surface area contributed by atoms with Gasteiger partial charge in [0.2, 0.25) is 5.91 Å². The van der Waals surface area contributed by atoms with Gasteiger partial charge in [0.15, 0.2) is 0 Å². The van der Waals surface area contributed by atoms with E-state index in [1.54, 1.807) is 36.2 Å². The van der Waals surface area contributed by atoms with E-state index in [0.717, 1.165) is 6.42 Å². The van der Waals surface area contributed by atoms with Gasteiger partial charge in [0.25, 0.3) is 5.91 Å². The second-order valence-corrected chi connectivity index (χ2v) is 6.87. The molecule has 0 N–H and O–H groups in total. The van der Waals surface area contributed by atoms with Crippen LogP contribution in [0.15, 0.2) is 41.8 Å². The molecule has 0 aliphatic carbocycles. The van der Waals surface area contributed by atoms with Gasteiger partial charge in [0, 0.05) is 25.7 Å². The predicted octanol–water partition coefficient (Wildman–Crippen LogP) is 3.15. The maximum atomic E-state index is 13.8. The Morgan fingerprint density at radius 1 is 1.29 bits per heavy atom. The van der Waals surface area contributed by atoms with Crippen molar-refractivity contribution in [3.63, 3.8) is 0 Å². The van der Waals surface area contributed by atoms with Crippen molar-refractivity contribution in [1.82, 2.24) is 9.80 Å². The van der Waals surface area contributed by atoms with Crippen molar-refractivity contribution in [2.24, 2.45) is 0 Å². The third-order valence-electron chi connectivity index (χ3n) is 4.27. The summed E-state index contributed by atoms with van der Waals surface area (Å²) in [6.45, 7) is 0.781. The Morgan fingerprint density at radius 2 is 2.08 bits per heavy atom. The second kappa shape index (κ2) is 7.13. The quantitative estimate of drug-likeness (QED) is 0.853. The lowest BCUT2D eigenvalue weighted by Gasteiger charge is -2.28. The minimum atomic E-state index is -0.462. The molecule has 1 aliphatic heterocycles. The number of carbonyl (C=O) groups is 2. The summed E-state index contributed by atoms with van der Waals surface area (Å²) in [5, 5.41) is 1.85. The fourth-order valence-electron chi connectivity index (χ4n) is 3.02. The van der Waals surface area contributed by atoms with Crippen LogP contribution in [0.5, 0.6) is 0 Å². The lowest BCUT2D eigenvalue weighted by molar-refractivity contribution is -0.134. The zero-order chi connectivity index (χ0) is 17.1. The molecule has 0 saturated carbocycles. The van der Waals surface area contributed by atoms with Gasteiger partial charge >= 0.3 is 0 Å². The molecule has 1 aliphatic rings. The number of amides is 2. The van der Waals surface area contributed by atoms with Gasteiger partial charge < -0.3 is 9.80 Å². The molecule has 126 valence electrons. The van der Waals surface area contributed by atoms with Crippen LogP contribution in [0, 0.1) is 5.82 Å². The standard InChI is InChI=1S/C18H19FN2O2S/c1-20(12-13-6-2-3-7-14(13)19)17(22)15-8-4-10-21(15)18(23)16-9-5-11-24-16/h2-3,5-7,9,11,15H,4,8,10,12H2,1H3. The van der Waals surface area contributed by atoms with E-state index in [2.05, 4.69) is 0 Å². The van der Waals surface area contributed by atoms with Crippen molar-refractivity contribution in [2.45, 2.75) is 25.4 Å². The Balaban J connectivity index is 1.71. The zero-order valence-corrected chi connectivity index (χ0v) is 14.3. The summed E-state index contributed by atoms with van der Waals surface area (Å²) >= 11 is 1.38. The third-order valence-corrected chi connectivity index (χ3v) is 5.13. The predicted molar refractivity (Wildman–Crippen MR) is 91.3 cm³/mol. The Kier molecular flexibility index (Phi) is 4.94. The second-order valence-electron chi connectivity index (χ2n) is 5.92. The highest BCUT2D eigenvalue weighted by atomic mass is 32.1. The Hall–Kier alpha value is -2.21. The van der Waals surface area contributed by atoms with E-state index in [4.69, 9.17) is 0 Å². The highest BCUT2D eigenvalue weighted by Crippen LogP contribution is 2.24. The van der Waals surface area contributed by atoms with Crippen molar-refractivity contribution in [2.75, 3.05) is 13.6 Å². The molecule has 24 heavy (non-hydrogen) atoms. The van der Waals surface area contributed by atoms with E-state index in [0.29, 0.717) is 23.4 Å². The van der Waals surface area contributed by atoms with E-state index in [1.165, 1.54) is 22.3 Å². The number of nitrogens with zero attached hydrogens (tertiary/aromatic N) is 2. The highest BCUT2D eigenvalue weighted by Gasteiger charge is 2.36. The van der Waals surface area contributed by atoms with Crippen molar-refractivity contribution >= 4 is 23.2 Å². The van der Waals surface area contributed by atoms with Crippen molar-refractivity contribution < 1.29 is 14.0 Å². The number of hydrogen-bond acceptors (Lipinski definition) is 3. The maximum Gasteiger partial charge on any atom is 0.264 e. The summed E-state index contributed by atoms with van der Waals surface area (Å²) < 4.78 is 13.8. The fourth-order valence-corrected chi connectivity index (χ4v) is 3.70. The van der Waals surface area contributed by atoms with Gasteiger partial charge in [-0.3, -0.25) is 9.59 Å². The van der Waals surface area contributed by atoms with Crippen LogP contribution in [0.2, 0.25) is 0 Å². The van der Waals surface area contributed by atoms with E-state index in [1.807, 2.05) is 11.4 Å². The lowest BCUT2D eigenvalue weighted by Crippen LogP contribution is -2.46. The Morgan fingerprint density at radius 3 is 2.79 bits per heavy atom. The minimum Gasteiger partial charge on any atom is -0.340 e. The molecule has 2 amide bonds. The summed E-state index contributed by atoms with van der Waals surface area (Å²) in [5.74, 6) is -0.559. The molecule has 6 heteroatoms. The van der Waals surface area contributed by atoms with Crippen LogP contribution in [0.1, 0.15) is 28.1 Å². The maximum absolute atomic E-state index is 13.8. The molecule has 0 bridgehead atoms. The van der Waals surface area contributed by atoms with Crippen LogP contribution < -0.4 is 0 Å². The van der Waals surface area contributed by atoms with Crippen LogP contribution in [-0.2, 0) is 11.3 Å². The smallest absolute Gasteiger partial charge is 0.264 e. The monoisotopic (exact) mass is 346 g/mol. The first kappa shape index (κ1) is 16.6. The van der Waals surface area contributed by atoms with Gasteiger partial charge in [-0.25, -0.2) is 4.39 Å². The first-order valence-corrected chi connectivity index (χ1v) is 8.78. The van der Waals surface area contributed by atoms with Gasteiger partial charge in [0.05, 0.1) is 4.88 Å². The molecule has 1 aromatic heterocycles. The van der Waals surface area contributed by atoms with Gasteiger partial charge in [-0.05, 0) is 30.4 Å². The summed E-state index contributed by atoms with van der Waals surface area (Å²) in [7, 11) is 1.65. The number of hydrogen-bond donors (Lipinski definition) is 0. The molecule has 1 atom stereocenters. The van der Waals surface area contributed by atoms with Crippen molar-refractivity contribution in [3.05, 3.63) is 58.0 Å². The molecule has 1 saturated heterocycles. The summed E-state index contributed by atoms with van der Waals surface area (Å²) in [6, 6.07) is 9.57. The number of likely N-dealkylation sites (tertiary alicyclic amines) is 1. The minimum absolute atomic E-state index is 0.0971. The SMILES string of the molecule is CN(Cc1ccccc1F)C(=O)C1CCCN1C(=O)c1cccs1. The average molecular weight is 346 g/mol.